The van der Waals surface area contributed by atoms with E-state index in [0.29, 0.717) is 5.92 Å². The van der Waals surface area contributed by atoms with E-state index in [4.69, 9.17) is 0 Å². The lowest BCUT2D eigenvalue weighted by atomic mass is 9.93. The number of piperidine rings is 1. The zero-order chi connectivity index (χ0) is 10.4. The fourth-order valence-corrected chi connectivity index (χ4v) is 1.88. The smallest absolute Gasteiger partial charge is 0.219 e. The predicted molar refractivity (Wildman–Crippen MR) is 53.7 cm³/mol. The number of amides is 2. The van der Waals surface area contributed by atoms with Gasteiger partial charge in [0, 0.05) is 26.6 Å². The number of carbonyl (C=O) groups is 2. The third kappa shape index (κ3) is 3.36. The van der Waals surface area contributed by atoms with Crippen molar-refractivity contribution in [3.63, 3.8) is 0 Å². The summed E-state index contributed by atoms with van der Waals surface area (Å²) in [6.07, 6.45) is 3.91. The number of rotatable bonds is 4. The number of hydrogen-bond acceptors (Lipinski definition) is 2. The van der Waals surface area contributed by atoms with Crippen LogP contribution in [0.3, 0.4) is 0 Å². The molecule has 0 aromatic carbocycles. The Balaban J connectivity index is 2.15. The summed E-state index contributed by atoms with van der Waals surface area (Å²) in [6, 6.07) is 0. The molecule has 1 fully saturated rings. The standard InChI is InChI=1S/C10H18N2O2/c1-9(14)12-6-3-10(4-7-12)2-5-11-8-13/h8,10H,2-7H2,1H3,(H,11,13). The molecule has 1 aliphatic heterocycles. The second-order valence-corrected chi connectivity index (χ2v) is 3.81. The van der Waals surface area contributed by atoms with Crippen LogP contribution in [0.5, 0.6) is 0 Å². The highest BCUT2D eigenvalue weighted by molar-refractivity contribution is 5.73. The first-order chi connectivity index (χ1) is 6.74. The van der Waals surface area contributed by atoms with Gasteiger partial charge < -0.3 is 10.2 Å². The first-order valence-electron chi connectivity index (χ1n) is 5.16. The van der Waals surface area contributed by atoms with Gasteiger partial charge in [0.15, 0.2) is 0 Å². The predicted octanol–water partition coefficient (Wildman–Crippen LogP) is 0.381. The number of carbonyl (C=O) groups excluding carboxylic acids is 2. The van der Waals surface area contributed by atoms with Crippen molar-refractivity contribution in [2.45, 2.75) is 26.2 Å². The average molecular weight is 198 g/mol. The first-order valence-corrected chi connectivity index (χ1v) is 5.16. The van der Waals surface area contributed by atoms with E-state index in [1.165, 1.54) is 0 Å². The zero-order valence-electron chi connectivity index (χ0n) is 8.66. The minimum Gasteiger partial charge on any atom is -0.359 e. The van der Waals surface area contributed by atoms with Crippen molar-refractivity contribution in [2.24, 2.45) is 5.92 Å². The van der Waals surface area contributed by atoms with Crippen LogP contribution in [-0.4, -0.2) is 36.9 Å². The summed E-state index contributed by atoms with van der Waals surface area (Å²) in [5.74, 6) is 0.840. The molecule has 1 heterocycles. The molecule has 1 N–H and O–H groups in total. The molecule has 0 radical (unpaired) electrons. The summed E-state index contributed by atoms with van der Waals surface area (Å²) < 4.78 is 0. The number of likely N-dealkylation sites (tertiary alicyclic amines) is 1. The first kappa shape index (κ1) is 11.0. The molecule has 2 amide bonds. The Kier molecular flexibility index (Phi) is 4.43. The summed E-state index contributed by atoms with van der Waals surface area (Å²) in [7, 11) is 0. The van der Waals surface area contributed by atoms with Crippen LogP contribution in [0.1, 0.15) is 26.2 Å². The van der Waals surface area contributed by atoms with Gasteiger partial charge in [-0.2, -0.15) is 0 Å². The zero-order valence-corrected chi connectivity index (χ0v) is 8.66. The molecular formula is C10H18N2O2. The van der Waals surface area contributed by atoms with Gasteiger partial charge in [-0.15, -0.1) is 0 Å². The van der Waals surface area contributed by atoms with Gasteiger partial charge in [0.2, 0.25) is 12.3 Å². The van der Waals surface area contributed by atoms with Crippen LogP contribution >= 0.6 is 0 Å². The Morgan fingerprint density at radius 3 is 2.64 bits per heavy atom. The highest BCUT2D eigenvalue weighted by atomic mass is 16.2. The minimum absolute atomic E-state index is 0.175. The summed E-state index contributed by atoms with van der Waals surface area (Å²) in [5, 5.41) is 2.67. The summed E-state index contributed by atoms with van der Waals surface area (Å²) in [6.45, 7) is 4.13. The molecule has 0 unspecified atom stereocenters. The lowest BCUT2D eigenvalue weighted by molar-refractivity contribution is -0.130. The van der Waals surface area contributed by atoms with Gasteiger partial charge in [-0.25, -0.2) is 0 Å². The van der Waals surface area contributed by atoms with Crippen LogP contribution in [0.25, 0.3) is 0 Å². The number of nitrogens with zero attached hydrogens (tertiary/aromatic N) is 1. The van der Waals surface area contributed by atoms with Gasteiger partial charge in [-0.05, 0) is 25.2 Å². The van der Waals surface area contributed by atoms with Gasteiger partial charge in [-0.1, -0.05) is 0 Å². The molecule has 1 aliphatic rings. The van der Waals surface area contributed by atoms with Crippen LogP contribution in [0.2, 0.25) is 0 Å². The molecule has 0 aromatic rings. The fourth-order valence-electron chi connectivity index (χ4n) is 1.88. The van der Waals surface area contributed by atoms with Crippen LogP contribution < -0.4 is 5.32 Å². The Labute approximate surface area is 84.7 Å². The van der Waals surface area contributed by atoms with Crippen LogP contribution in [0.15, 0.2) is 0 Å². The van der Waals surface area contributed by atoms with Gasteiger partial charge in [0.1, 0.15) is 0 Å². The molecule has 80 valence electrons. The summed E-state index contributed by atoms with van der Waals surface area (Å²) >= 11 is 0. The maximum atomic E-state index is 11.0. The molecule has 4 heteroatoms. The van der Waals surface area contributed by atoms with Gasteiger partial charge in [-0.3, -0.25) is 9.59 Å². The highest BCUT2D eigenvalue weighted by Gasteiger charge is 2.19. The van der Waals surface area contributed by atoms with Crippen molar-refractivity contribution in [2.75, 3.05) is 19.6 Å². The molecule has 0 bridgehead atoms. The lowest BCUT2D eigenvalue weighted by Gasteiger charge is -2.31. The van der Waals surface area contributed by atoms with Crippen LogP contribution in [-0.2, 0) is 9.59 Å². The summed E-state index contributed by atoms with van der Waals surface area (Å²) in [5.41, 5.74) is 0. The van der Waals surface area contributed by atoms with E-state index < -0.39 is 0 Å². The Bertz CT molecular complexity index is 198. The van der Waals surface area contributed by atoms with Crippen LogP contribution in [0.4, 0.5) is 0 Å². The van der Waals surface area contributed by atoms with E-state index in [1.807, 2.05) is 4.90 Å². The monoisotopic (exact) mass is 198 g/mol. The Morgan fingerprint density at radius 1 is 1.50 bits per heavy atom. The Hall–Kier alpha value is -1.06. The van der Waals surface area contributed by atoms with Crippen molar-refractivity contribution in [1.82, 2.24) is 10.2 Å². The van der Waals surface area contributed by atoms with Crippen molar-refractivity contribution < 1.29 is 9.59 Å². The molecule has 0 atom stereocenters. The van der Waals surface area contributed by atoms with E-state index in [2.05, 4.69) is 5.32 Å². The van der Waals surface area contributed by atoms with Crippen molar-refractivity contribution >= 4 is 12.3 Å². The molecule has 4 nitrogen and oxygen atoms in total. The maximum absolute atomic E-state index is 11.0. The van der Waals surface area contributed by atoms with E-state index in [-0.39, 0.29) is 5.91 Å². The second-order valence-electron chi connectivity index (χ2n) is 3.81. The lowest BCUT2D eigenvalue weighted by Crippen LogP contribution is -2.37. The second kappa shape index (κ2) is 5.62. The fraction of sp³-hybridized carbons (Fsp3) is 0.800. The van der Waals surface area contributed by atoms with Gasteiger partial charge in [0.25, 0.3) is 0 Å². The molecule has 0 aliphatic carbocycles. The van der Waals surface area contributed by atoms with Gasteiger partial charge >= 0.3 is 0 Å². The normalized spacial score (nSPS) is 17.9. The van der Waals surface area contributed by atoms with Crippen molar-refractivity contribution in [3.05, 3.63) is 0 Å². The molecule has 0 saturated carbocycles. The van der Waals surface area contributed by atoms with E-state index in [0.717, 1.165) is 45.3 Å². The molecule has 14 heavy (non-hydrogen) atoms. The van der Waals surface area contributed by atoms with Crippen molar-refractivity contribution in [3.8, 4) is 0 Å². The Morgan fingerprint density at radius 2 is 2.14 bits per heavy atom. The minimum atomic E-state index is 0.175. The van der Waals surface area contributed by atoms with E-state index in [1.54, 1.807) is 6.92 Å². The van der Waals surface area contributed by atoms with E-state index >= 15 is 0 Å². The molecule has 1 saturated heterocycles. The largest absolute Gasteiger partial charge is 0.359 e. The quantitative estimate of drug-likeness (QED) is 0.524. The van der Waals surface area contributed by atoms with Gasteiger partial charge in [0.05, 0.1) is 0 Å². The third-order valence-corrected chi connectivity index (χ3v) is 2.84. The summed E-state index contributed by atoms with van der Waals surface area (Å²) in [4.78, 5) is 22.9. The SMILES string of the molecule is CC(=O)N1CCC(CCNC=O)CC1. The third-order valence-electron chi connectivity index (χ3n) is 2.84. The number of nitrogens with one attached hydrogen (secondary N) is 1. The average Bonchev–Trinajstić information content (AvgIpc) is 2.19. The molecule has 1 rings (SSSR count). The maximum Gasteiger partial charge on any atom is 0.219 e. The van der Waals surface area contributed by atoms with E-state index in [9.17, 15) is 9.59 Å². The number of hydrogen-bond donors (Lipinski definition) is 1. The highest BCUT2D eigenvalue weighted by Crippen LogP contribution is 2.19. The molecular weight excluding hydrogens is 180 g/mol. The molecule has 0 spiro atoms. The topological polar surface area (TPSA) is 49.4 Å². The van der Waals surface area contributed by atoms with Crippen LogP contribution in [0, 0.1) is 5.92 Å². The molecule has 0 aromatic heterocycles. The van der Waals surface area contributed by atoms with Crippen molar-refractivity contribution in [1.29, 1.82) is 0 Å².